The molecule has 2 heterocycles. The van der Waals surface area contributed by atoms with E-state index in [0.29, 0.717) is 21.6 Å². The number of hydrogen-bond acceptors (Lipinski definition) is 10. The first-order valence-electron chi connectivity index (χ1n) is 11.6. The zero-order valence-corrected chi connectivity index (χ0v) is 24.6. The number of rotatable bonds is 11. The molecule has 3 aromatic rings. The number of esters is 2. The molecule has 0 radical (unpaired) electrons. The van der Waals surface area contributed by atoms with Crippen molar-refractivity contribution >= 4 is 75.1 Å². The van der Waals surface area contributed by atoms with E-state index in [1.807, 2.05) is 0 Å². The van der Waals surface area contributed by atoms with Gasteiger partial charge in [-0.05, 0) is 44.5 Å². The molecule has 39 heavy (non-hydrogen) atoms. The summed E-state index contributed by atoms with van der Waals surface area (Å²) in [6.45, 7) is 5.31. The molecule has 0 aliphatic rings. The van der Waals surface area contributed by atoms with Crippen molar-refractivity contribution < 1.29 is 28.7 Å². The molecule has 11 nitrogen and oxygen atoms in total. The number of amides is 2. The molecule has 2 aromatic heterocycles. The van der Waals surface area contributed by atoms with Gasteiger partial charge in [-0.3, -0.25) is 9.59 Å². The van der Waals surface area contributed by atoms with Crippen LogP contribution in [0.5, 0.6) is 0 Å². The SMILES string of the molecule is CCOC(=O)c1sc(NC(=O)CSc2nnc(CNC(=O)c3ccc(Cl)cc3Cl)n2C)c(C(=O)OCC)c1C. The predicted molar refractivity (Wildman–Crippen MR) is 149 cm³/mol. The minimum Gasteiger partial charge on any atom is -0.462 e. The van der Waals surface area contributed by atoms with E-state index in [4.69, 9.17) is 32.7 Å². The van der Waals surface area contributed by atoms with Crippen molar-refractivity contribution in [2.24, 2.45) is 7.05 Å². The minimum absolute atomic E-state index is 0.0628. The summed E-state index contributed by atoms with van der Waals surface area (Å²) in [5.41, 5.74) is 0.757. The van der Waals surface area contributed by atoms with Gasteiger partial charge >= 0.3 is 11.9 Å². The molecule has 208 valence electrons. The summed E-state index contributed by atoms with van der Waals surface area (Å²) >= 11 is 14.0. The number of aromatic nitrogens is 3. The van der Waals surface area contributed by atoms with Crippen LogP contribution in [0.2, 0.25) is 10.0 Å². The van der Waals surface area contributed by atoms with Crippen molar-refractivity contribution in [1.29, 1.82) is 0 Å². The molecule has 0 aliphatic heterocycles. The summed E-state index contributed by atoms with van der Waals surface area (Å²) in [7, 11) is 1.70. The third kappa shape index (κ3) is 7.50. The van der Waals surface area contributed by atoms with Crippen LogP contribution in [-0.4, -0.2) is 57.5 Å². The maximum absolute atomic E-state index is 12.8. The molecule has 0 bridgehead atoms. The summed E-state index contributed by atoms with van der Waals surface area (Å²) in [5, 5.41) is 14.8. The lowest BCUT2D eigenvalue weighted by molar-refractivity contribution is -0.113. The second-order valence-corrected chi connectivity index (χ2v) is 10.6. The smallest absolute Gasteiger partial charge is 0.348 e. The van der Waals surface area contributed by atoms with Gasteiger partial charge in [0.1, 0.15) is 9.88 Å². The lowest BCUT2D eigenvalue weighted by Gasteiger charge is -2.08. The number of nitrogens with zero attached hydrogens (tertiary/aromatic N) is 3. The molecular weight excluding hydrogens is 589 g/mol. The Morgan fingerprint density at radius 1 is 1.08 bits per heavy atom. The Morgan fingerprint density at radius 3 is 2.44 bits per heavy atom. The number of benzene rings is 1. The monoisotopic (exact) mass is 613 g/mol. The van der Waals surface area contributed by atoms with Crippen molar-refractivity contribution in [2.75, 3.05) is 24.3 Å². The average Bonchev–Trinajstić information content (AvgIpc) is 3.40. The Morgan fingerprint density at radius 2 is 1.77 bits per heavy atom. The number of nitrogens with one attached hydrogen (secondary N) is 2. The van der Waals surface area contributed by atoms with Gasteiger partial charge in [0.2, 0.25) is 5.91 Å². The summed E-state index contributed by atoms with van der Waals surface area (Å²) in [6.07, 6.45) is 0. The van der Waals surface area contributed by atoms with Gasteiger partial charge in [-0.1, -0.05) is 35.0 Å². The first-order chi connectivity index (χ1) is 18.6. The van der Waals surface area contributed by atoms with E-state index in [1.165, 1.54) is 12.1 Å². The van der Waals surface area contributed by atoms with Crippen LogP contribution in [0.3, 0.4) is 0 Å². The number of thiophene rings is 1. The van der Waals surface area contributed by atoms with Gasteiger partial charge in [0.15, 0.2) is 11.0 Å². The second kappa shape index (κ2) is 13.8. The van der Waals surface area contributed by atoms with Gasteiger partial charge < -0.3 is 24.7 Å². The van der Waals surface area contributed by atoms with E-state index in [2.05, 4.69) is 20.8 Å². The number of carbonyl (C=O) groups is 4. The number of halogens is 2. The van der Waals surface area contributed by atoms with Crippen LogP contribution >= 0.6 is 46.3 Å². The van der Waals surface area contributed by atoms with Gasteiger partial charge in [-0.2, -0.15) is 0 Å². The Balaban J connectivity index is 1.64. The third-order valence-corrected chi connectivity index (χ3v) is 7.94. The van der Waals surface area contributed by atoms with Gasteiger partial charge in [0.25, 0.3) is 5.91 Å². The molecule has 0 aliphatic carbocycles. The largest absolute Gasteiger partial charge is 0.462 e. The van der Waals surface area contributed by atoms with Gasteiger partial charge in [0, 0.05) is 12.1 Å². The first kappa shape index (κ1) is 30.4. The lowest BCUT2D eigenvalue weighted by atomic mass is 10.1. The predicted octanol–water partition coefficient (Wildman–Crippen LogP) is 4.51. The molecule has 0 saturated heterocycles. The van der Waals surface area contributed by atoms with Gasteiger partial charge in [0.05, 0.1) is 41.7 Å². The topological polar surface area (TPSA) is 142 Å². The quantitative estimate of drug-likeness (QED) is 0.236. The normalized spacial score (nSPS) is 10.7. The Labute approximate surface area is 242 Å². The van der Waals surface area contributed by atoms with Crippen LogP contribution in [0, 0.1) is 6.92 Å². The van der Waals surface area contributed by atoms with Crippen molar-refractivity contribution in [3.8, 4) is 0 Å². The highest BCUT2D eigenvalue weighted by molar-refractivity contribution is 7.99. The molecule has 0 atom stereocenters. The Kier molecular flexibility index (Phi) is 10.7. The molecule has 1 aromatic carbocycles. The lowest BCUT2D eigenvalue weighted by Crippen LogP contribution is -2.24. The fraction of sp³-hybridized carbons (Fsp3) is 0.333. The van der Waals surface area contributed by atoms with E-state index in [-0.39, 0.29) is 51.5 Å². The molecule has 2 amide bonds. The minimum atomic E-state index is -0.648. The number of anilines is 1. The number of thioether (sulfide) groups is 1. The van der Waals surface area contributed by atoms with E-state index in [0.717, 1.165) is 23.1 Å². The van der Waals surface area contributed by atoms with Crippen LogP contribution in [0.4, 0.5) is 5.00 Å². The molecule has 3 rings (SSSR count). The van der Waals surface area contributed by atoms with E-state index in [9.17, 15) is 19.2 Å². The first-order valence-corrected chi connectivity index (χ1v) is 14.1. The highest BCUT2D eigenvalue weighted by Crippen LogP contribution is 2.34. The molecule has 0 unspecified atom stereocenters. The average molecular weight is 615 g/mol. The van der Waals surface area contributed by atoms with Crippen LogP contribution in [-0.2, 0) is 27.9 Å². The Hall–Kier alpha value is -3.13. The summed E-state index contributed by atoms with van der Waals surface area (Å²) < 4.78 is 11.8. The van der Waals surface area contributed by atoms with Crippen molar-refractivity contribution in [1.82, 2.24) is 20.1 Å². The van der Waals surface area contributed by atoms with Gasteiger partial charge in [-0.15, -0.1) is 21.5 Å². The molecule has 0 saturated carbocycles. The van der Waals surface area contributed by atoms with Crippen LogP contribution < -0.4 is 10.6 Å². The number of hydrogen-bond donors (Lipinski definition) is 2. The number of carbonyl (C=O) groups excluding carboxylic acids is 4. The zero-order valence-electron chi connectivity index (χ0n) is 21.4. The second-order valence-electron chi connectivity index (χ2n) is 7.80. The maximum atomic E-state index is 12.8. The Bertz CT molecular complexity index is 1410. The fourth-order valence-electron chi connectivity index (χ4n) is 3.29. The summed E-state index contributed by atoms with van der Waals surface area (Å²) in [4.78, 5) is 50.3. The van der Waals surface area contributed by atoms with Crippen molar-refractivity contribution in [3.63, 3.8) is 0 Å². The van der Waals surface area contributed by atoms with E-state index < -0.39 is 23.8 Å². The highest BCUT2D eigenvalue weighted by atomic mass is 35.5. The van der Waals surface area contributed by atoms with Crippen molar-refractivity contribution in [3.05, 3.63) is 55.6 Å². The summed E-state index contributed by atoms with van der Waals surface area (Å²) in [6, 6.07) is 4.56. The molecule has 15 heteroatoms. The van der Waals surface area contributed by atoms with E-state index >= 15 is 0 Å². The standard InChI is InChI=1S/C24H25Cl2N5O6S2/c1-5-36-22(34)18-12(3)19(23(35)37-6-2)39-21(18)28-17(32)11-38-24-30-29-16(31(24)4)10-27-20(33)14-8-7-13(25)9-15(14)26/h7-9H,5-6,10-11H2,1-4H3,(H,27,33)(H,28,32). The molecular formula is C24H25Cl2N5O6S2. The summed E-state index contributed by atoms with van der Waals surface area (Å²) in [5.74, 6) is -1.68. The van der Waals surface area contributed by atoms with Crippen LogP contribution in [0.15, 0.2) is 23.4 Å². The van der Waals surface area contributed by atoms with Crippen LogP contribution in [0.25, 0.3) is 0 Å². The fourth-order valence-corrected chi connectivity index (χ4v) is 5.62. The van der Waals surface area contributed by atoms with Crippen LogP contribution in [0.1, 0.15) is 55.6 Å². The maximum Gasteiger partial charge on any atom is 0.348 e. The van der Waals surface area contributed by atoms with Gasteiger partial charge in [-0.25, -0.2) is 9.59 Å². The third-order valence-electron chi connectivity index (χ3n) is 5.18. The van der Waals surface area contributed by atoms with E-state index in [1.54, 1.807) is 38.5 Å². The zero-order chi connectivity index (χ0) is 28.7. The van der Waals surface area contributed by atoms with Crippen molar-refractivity contribution in [2.45, 2.75) is 32.5 Å². The molecule has 2 N–H and O–H groups in total. The molecule has 0 spiro atoms. The molecule has 0 fully saturated rings. The highest BCUT2D eigenvalue weighted by Gasteiger charge is 2.27. The number of ether oxygens (including phenoxy) is 2.